The van der Waals surface area contributed by atoms with Crippen molar-refractivity contribution in [3.05, 3.63) is 0 Å². The first kappa shape index (κ1) is 16.4. The van der Waals surface area contributed by atoms with Crippen molar-refractivity contribution in [3.8, 4) is 0 Å². The zero-order valence-electron chi connectivity index (χ0n) is 12.5. The van der Waals surface area contributed by atoms with Gasteiger partial charge >= 0.3 is 0 Å². The molecule has 0 bridgehead atoms. The maximum atomic E-state index is 11.7. The highest BCUT2D eigenvalue weighted by Crippen LogP contribution is 2.20. The summed E-state index contributed by atoms with van der Waals surface area (Å²) in [7, 11) is 0. The Labute approximate surface area is 117 Å². The Hall–Kier alpha value is -0.610. The maximum Gasteiger partial charge on any atom is 0.237 e. The lowest BCUT2D eigenvalue weighted by Crippen LogP contribution is -2.45. The van der Waals surface area contributed by atoms with Crippen molar-refractivity contribution in [2.24, 2.45) is 11.7 Å². The van der Waals surface area contributed by atoms with Crippen LogP contribution in [0.1, 0.15) is 58.8 Å². The molecule has 3 N–H and O–H groups in total. The van der Waals surface area contributed by atoms with E-state index in [2.05, 4.69) is 12.2 Å². The first-order valence-corrected chi connectivity index (χ1v) is 7.80. The van der Waals surface area contributed by atoms with Gasteiger partial charge in [-0.15, -0.1) is 0 Å². The lowest BCUT2D eigenvalue weighted by atomic mass is 9.98. The lowest BCUT2D eigenvalue weighted by Gasteiger charge is -2.22. The lowest BCUT2D eigenvalue weighted by molar-refractivity contribution is -0.123. The van der Waals surface area contributed by atoms with Gasteiger partial charge in [-0.3, -0.25) is 4.79 Å². The Bertz CT molecular complexity index is 253. The minimum Gasteiger partial charge on any atom is -0.378 e. The summed E-state index contributed by atoms with van der Waals surface area (Å²) in [6.07, 6.45) is 8.59. The molecule has 0 aromatic rings. The van der Waals surface area contributed by atoms with Gasteiger partial charge in [-0.1, -0.05) is 39.5 Å². The average molecular weight is 270 g/mol. The third-order valence-corrected chi connectivity index (χ3v) is 4.09. The SMILES string of the molecule is CCC(C)[C@H](N)C(=O)NCCCOC1CCCCC1. The summed E-state index contributed by atoms with van der Waals surface area (Å²) in [5.74, 6) is 0.200. The summed E-state index contributed by atoms with van der Waals surface area (Å²) in [5.41, 5.74) is 5.86. The van der Waals surface area contributed by atoms with Crippen molar-refractivity contribution in [2.75, 3.05) is 13.2 Å². The van der Waals surface area contributed by atoms with Crippen molar-refractivity contribution in [3.63, 3.8) is 0 Å². The monoisotopic (exact) mass is 270 g/mol. The van der Waals surface area contributed by atoms with Crippen molar-refractivity contribution >= 4 is 5.91 Å². The van der Waals surface area contributed by atoms with E-state index < -0.39 is 0 Å². The van der Waals surface area contributed by atoms with Gasteiger partial charge in [0, 0.05) is 13.2 Å². The van der Waals surface area contributed by atoms with Gasteiger partial charge in [0.1, 0.15) is 0 Å². The molecule has 19 heavy (non-hydrogen) atoms. The number of nitrogens with two attached hydrogens (primary N) is 1. The van der Waals surface area contributed by atoms with Gasteiger partial charge in [-0.2, -0.15) is 0 Å². The van der Waals surface area contributed by atoms with E-state index in [4.69, 9.17) is 10.5 Å². The summed E-state index contributed by atoms with van der Waals surface area (Å²) in [6, 6.07) is -0.385. The quantitative estimate of drug-likeness (QED) is 0.665. The average Bonchev–Trinajstić information content (AvgIpc) is 2.46. The van der Waals surface area contributed by atoms with Crippen LogP contribution in [0, 0.1) is 5.92 Å². The van der Waals surface area contributed by atoms with E-state index >= 15 is 0 Å². The van der Waals surface area contributed by atoms with Crippen LogP contribution in [0.3, 0.4) is 0 Å². The highest BCUT2D eigenvalue weighted by molar-refractivity contribution is 5.81. The van der Waals surface area contributed by atoms with Crippen molar-refractivity contribution in [1.82, 2.24) is 5.32 Å². The topological polar surface area (TPSA) is 64.4 Å². The first-order chi connectivity index (χ1) is 9.15. The van der Waals surface area contributed by atoms with E-state index in [0.29, 0.717) is 12.6 Å². The molecule has 1 aliphatic rings. The molecule has 4 nitrogen and oxygen atoms in total. The fourth-order valence-electron chi connectivity index (χ4n) is 2.40. The predicted molar refractivity (Wildman–Crippen MR) is 77.9 cm³/mol. The van der Waals surface area contributed by atoms with Crippen LogP contribution in [0.2, 0.25) is 0 Å². The fourth-order valence-corrected chi connectivity index (χ4v) is 2.40. The molecule has 0 aliphatic heterocycles. The molecule has 1 unspecified atom stereocenters. The van der Waals surface area contributed by atoms with Crippen molar-refractivity contribution in [2.45, 2.75) is 70.9 Å². The molecule has 1 saturated carbocycles. The number of carbonyl (C=O) groups excluding carboxylic acids is 1. The summed E-state index contributed by atoms with van der Waals surface area (Å²) in [4.78, 5) is 11.7. The minimum absolute atomic E-state index is 0.0352. The third kappa shape index (κ3) is 6.39. The molecule has 4 heteroatoms. The molecule has 1 fully saturated rings. The molecule has 0 saturated heterocycles. The number of ether oxygens (including phenoxy) is 1. The highest BCUT2D eigenvalue weighted by atomic mass is 16.5. The second-order valence-electron chi connectivity index (χ2n) is 5.69. The molecule has 0 aromatic heterocycles. The maximum absolute atomic E-state index is 11.7. The van der Waals surface area contributed by atoms with Crippen LogP contribution in [-0.4, -0.2) is 31.2 Å². The molecule has 1 rings (SSSR count). The third-order valence-electron chi connectivity index (χ3n) is 4.09. The number of rotatable bonds is 8. The van der Waals surface area contributed by atoms with Gasteiger partial charge in [-0.05, 0) is 25.2 Å². The summed E-state index contributed by atoms with van der Waals surface area (Å²) in [6.45, 7) is 5.46. The van der Waals surface area contributed by atoms with E-state index in [1.54, 1.807) is 0 Å². The summed E-state index contributed by atoms with van der Waals surface area (Å²) in [5, 5.41) is 2.89. The van der Waals surface area contributed by atoms with Gasteiger partial charge in [0.2, 0.25) is 5.91 Å². The zero-order chi connectivity index (χ0) is 14.1. The van der Waals surface area contributed by atoms with Crippen LogP contribution in [0.25, 0.3) is 0 Å². The van der Waals surface area contributed by atoms with Crippen LogP contribution >= 0.6 is 0 Å². The largest absolute Gasteiger partial charge is 0.378 e. The van der Waals surface area contributed by atoms with Gasteiger partial charge < -0.3 is 15.8 Å². The van der Waals surface area contributed by atoms with Crippen LogP contribution in [0.5, 0.6) is 0 Å². The van der Waals surface area contributed by atoms with Gasteiger partial charge in [-0.25, -0.2) is 0 Å². The van der Waals surface area contributed by atoms with E-state index in [-0.39, 0.29) is 17.9 Å². The highest BCUT2D eigenvalue weighted by Gasteiger charge is 2.18. The molecule has 1 amide bonds. The molecular weight excluding hydrogens is 240 g/mol. The standard InChI is InChI=1S/C15H30N2O2/c1-3-12(2)14(16)15(18)17-10-7-11-19-13-8-5-4-6-9-13/h12-14H,3-11,16H2,1-2H3,(H,17,18)/t12?,14-/m0/s1. The molecule has 0 radical (unpaired) electrons. The molecule has 2 atom stereocenters. The number of amides is 1. The van der Waals surface area contributed by atoms with E-state index in [0.717, 1.165) is 19.4 Å². The minimum atomic E-state index is -0.385. The molecule has 0 aromatic carbocycles. The van der Waals surface area contributed by atoms with Crippen LogP contribution in [-0.2, 0) is 9.53 Å². The molecule has 112 valence electrons. The predicted octanol–water partition coefficient (Wildman–Crippen LogP) is 2.22. The fraction of sp³-hybridized carbons (Fsp3) is 0.933. The Balaban J connectivity index is 2.02. The van der Waals surface area contributed by atoms with E-state index in [1.807, 2.05) is 6.92 Å². The number of nitrogens with one attached hydrogen (secondary N) is 1. The normalized spacial score (nSPS) is 19.9. The summed E-state index contributed by atoms with van der Waals surface area (Å²) >= 11 is 0. The van der Waals surface area contributed by atoms with Gasteiger partial charge in [0.15, 0.2) is 0 Å². The molecular formula is C15H30N2O2. The summed E-state index contributed by atoms with van der Waals surface area (Å²) < 4.78 is 5.81. The van der Waals surface area contributed by atoms with Crippen molar-refractivity contribution in [1.29, 1.82) is 0 Å². The molecule has 0 spiro atoms. The van der Waals surface area contributed by atoms with Crippen molar-refractivity contribution < 1.29 is 9.53 Å². The Morgan fingerprint density at radius 1 is 1.37 bits per heavy atom. The van der Waals surface area contributed by atoms with E-state index in [9.17, 15) is 4.79 Å². The molecule has 0 heterocycles. The van der Waals surface area contributed by atoms with Gasteiger partial charge in [0.25, 0.3) is 0 Å². The first-order valence-electron chi connectivity index (χ1n) is 7.80. The molecule has 1 aliphatic carbocycles. The zero-order valence-corrected chi connectivity index (χ0v) is 12.5. The Morgan fingerprint density at radius 3 is 2.68 bits per heavy atom. The number of carbonyl (C=O) groups is 1. The second-order valence-corrected chi connectivity index (χ2v) is 5.69. The smallest absolute Gasteiger partial charge is 0.237 e. The number of hydrogen-bond acceptors (Lipinski definition) is 3. The van der Waals surface area contributed by atoms with Crippen LogP contribution in [0.4, 0.5) is 0 Å². The van der Waals surface area contributed by atoms with Crippen LogP contribution in [0.15, 0.2) is 0 Å². The Kier molecular flexibility index (Phi) is 8.07. The van der Waals surface area contributed by atoms with E-state index in [1.165, 1.54) is 32.1 Å². The Morgan fingerprint density at radius 2 is 2.05 bits per heavy atom. The second kappa shape index (κ2) is 9.32. The van der Waals surface area contributed by atoms with Gasteiger partial charge in [0.05, 0.1) is 12.1 Å². The van der Waals surface area contributed by atoms with Crippen LogP contribution < -0.4 is 11.1 Å². The number of hydrogen-bond donors (Lipinski definition) is 2.